The molecular formula is C22H20F3N7O. The highest BCUT2D eigenvalue weighted by Gasteiger charge is 2.40. The van der Waals surface area contributed by atoms with Gasteiger partial charge in [-0.1, -0.05) is 11.3 Å². The lowest BCUT2D eigenvalue weighted by Crippen LogP contribution is -2.33. The van der Waals surface area contributed by atoms with Crippen LogP contribution < -0.4 is 0 Å². The molecule has 11 heteroatoms. The van der Waals surface area contributed by atoms with Crippen molar-refractivity contribution in [2.24, 2.45) is 14.1 Å². The number of alkyl halides is 3. The minimum Gasteiger partial charge on any atom is -0.373 e. The van der Waals surface area contributed by atoms with Gasteiger partial charge in [0.2, 0.25) is 0 Å². The van der Waals surface area contributed by atoms with Crippen molar-refractivity contribution < 1.29 is 18.3 Å². The number of pyridine rings is 1. The smallest absolute Gasteiger partial charge is 0.373 e. The number of aliphatic hydroxyl groups is 1. The zero-order chi connectivity index (χ0) is 24.1. The molecule has 1 unspecified atom stereocenters. The third-order valence-corrected chi connectivity index (χ3v) is 5.88. The molecule has 0 saturated heterocycles. The summed E-state index contributed by atoms with van der Waals surface area (Å²) in [6.07, 6.45) is -2.86. The van der Waals surface area contributed by atoms with E-state index in [1.807, 2.05) is 6.07 Å². The third kappa shape index (κ3) is 3.62. The van der Waals surface area contributed by atoms with E-state index >= 15 is 0 Å². The van der Waals surface area contributed by atoms with E-state index < -0.39 is 18.2 Å². The zero-order valence-electron chi connectivity index (χ0n) is 18.3. The van der Waals surface area contributed by atoms with E-state index in [4.69, 9.17) is 0 Å². The van der Waals surface area contributed by atoms with Crippen LogP contribution in [0.4, 0.5) is 13.2 Å². The molecule has 0 fully saturated rings. The first-order valence-electron chi connectivity index (χ1n) is 9.94. The summed E-state index contributed by atoms with van der Waals surface area (Å²) < 4.78 is 42.7. The fourth-order valence-corrected chi connectivity index (χ4v) is 4.08. The van der Waals surface area contributed by atoms with Gasteiger partial charge in [-0.15, -0.1) is 5.10 Å². The fraction of sp³-hybridized carbons (Fsp3) is 0.318. The van der Waals surface area contributed by atoms with Gasteiger partial charge in [-0.3, -0.25) is 4.98 Å². The standard InChI is InChI=1S/C22H20F3N7O/c1-12-16(8-21(23,24)25)17(9-26)15-7-14(5-6-18(15)29-12)22(33,20-11-28-30-32(20)4)19-10-27-13(2)31(19)3/h5-7,10-11,33H,8H2,1-4H3. The Balaban J connectivity index is 2.04. The molecule has 3 heterocycles. The van der Waals surface area contributed by atoms with E-state index in [-0.39, 0.29) is 22.2 Å². The number of aromatic nitrogens is 6. The number of imidazole rings is 1. The summed E-state index contributed by atoms with van der Waals surface area (Å²) in [5.74, 6) is 0.641. The lowest BCUT2D eigenvalue weighted by molar-refractivity contribution is -0.127. The highest BCUT2D eigenvalue weighted by Crippen LogP contribution is 2.38. The number of aryl methyl sites for hydroxylation is 3. The Kier molecular flexibility index (Phi) is 5.21. The molecule has 0 aliphatic carbocycles. The molecule has 1 aromatic carbocycles. The average Bonchev–Trinajstić information content (AvgIpc) is 3.33. The van der Waals surface area contributed by atoms with Crippen molar-refractivity contribution in [3.05, 3.63) is 70.2 Å². The van der Waals surface area contributed by atoms with Crippen LogP contribution in [0.25, 0.3) is 10.9 Å². The summed E-state index contributed by atoms with van der Waals surface area (Å²) in [4.78, 5) is 8.56. The SMILES string of the molecule is Cc1nc2ccc(C(O)(c3cnnn3C)c3cnc(C)n3C)cc2c(C#N)c1CC(F)(F)F. The summed E-state index contributed by atoms with van der Waals surface area (Å²) in [6, 6.07) is 6.61. The molecule has 0 bridgehead atoms. The van der Waals surface area contributed by atoms with E-state index in [0.717, 1.165) is 0 Å². The molecule has 1 N–H and O–H groups in total. The molecule has 1 atom stereocenters. The molecule has 4 aromatic rings. The maximum atomic E-state index is 13.2. The first-order chi connectivity index (χ1) is 15.5. The van der Waals surface area contributed by atoms with E-state index in [1.54, 1.807) is 37.7 Å². The Hall–Kier alpha value is -3.78. The average molecular weight is 455 g/mol. The Morgan fingerprint density at radius 3 is 2.39 bits per heavy atom. The second-order valence-electron chi connectivity index (χ2n) is 7.89. The Morgan fingerprint density at radius 2 is 1.85 bits per heavy atom. The highest BCUT2D eigenvalue weighted by molar-refractivity contribution is 5.87. The molecule has 0 saturated carbocycles. The number of fused-ring (bicyclic) bond motifs is 1. The van der Waals surface area contributed by atoms with Crippen molar-refractivity contribution in [3.8, 4) is 6.07 Å². The first-order valence-corrected chi connectivity index (χ1v) is 9.94. The van der Waals surface area contributed by atoms with Crippen LogP contribution in [0.15, 0.2) is 30.6 Å². The second kappa shape index (κ2) is 7.67. The number of nitrogens with zero attached hydrogens (tertiary/aromatic N) is 7. The molecule has 33 heavy (non-hydrogen) atoms. The molecule has 4 rings (SSSR count). The summed E-state index contributed by atoms with van der Waals surface area (Å²) in [5, 5.41) is 29.9. The summed E-state index contributed by atoms with van der Waals surface area (Å²) in [7, 11) is 3.35. The Morgan fingerprint density at radius 1 is 1.12 bits per heavy atom. The number of benzene rings is 1. The molecule has 0 amide bonds. The van der Waals surface area contributed by atoms with E-state index in [0.29, 0.717) is 28.3 Å². The van der Waals surface area contributed by atoms with E-state index in [9.17, 15) is 23.5 Å². The van der Waals surface area contributed by atoms with Gasteiger partial charge in [0.1, 0.15) is 17.6 Å². The number of hydrogen-bond donors (Lipinski definition) is 1. The summed E-state index contributed by atoms with van der Waals surface area (Å²) in [5.41, 5.74) is -0.589. The number of nitriles is 1. The van der Waals surface area contributed by atoms with E-state index in [1.165, 1.54) is 30.1 Å². The second-order valence-corrected chi connectivity index (χ2v) is 7.89. The van der Waals surface area contributed by atoms with Crippen molar-refractivity contribution in [3.63, 3.8) is 0 Å². The van der Waals surface area contributed by atoms with E-state index in [2.05, 4.69) is 20.3 Å². The summed E-state index contributed by atoms with van der Waals surface area (Å²) in [6.45, 7) is 3.22. The van der Waals surface area contributed by atoms with Crippen LogP contribution in [0, 0.1) is 25.2 Å². The lowest BCUT2D eigenvalue weighted by Gasteiger charge is -2.29. The highest BCUT2D eigenvalue weighted by atomic mass is 19.4. The van der Waals surface area contributed by atoms with Crippen molar-refractivity contribution in [1.29, 1.82) is 5.26 Å². The quantitative estimate of drug-likeness (QED) is 0.507. The van der Waals surface area contributed by atoms with Crippen molar-refractivity contribution >= 4 is 10.9 Å². The molecule has 0 spiro atoms. The van der Waals surface area contributed by atoms with Crippen molar-refractivity contribution in [1.82, 2.24) is 29.5 Å². The van der Waals surface area contributed by atoms with Crippen LogP contribution in [0.3, 0.4) is 0 Å². The van der Waals surface area contributed by atoms with Gasteiger partial charge in [0.25, 0.3) is 0 Å². The van der Waals surface area contributed by atoms with Crippen LogP contribution in [0.5, 0.6) is 0 Å². The topological polar surface area (TPSA) is 105 Å². The fourth-order valence-electron chi connectivity index (χ4n) is 4.08. The van der Waals surface area contributed by atoms with Gasteiger partial charge >= 0.3 is 6.18 Å². The maximum Gasteiger partial charge on any atom is 0.393 e. The van der Waals surface area contributed by atoms with Crippen LogP contribution in [0.1, 0.15) is 39.6 Å². The third-order valence-electron chi connectivity index (χ3n) is 5.88. The maximum absolute atomic E-state index is 13.2. The normalized spacial score (nSPS) is 13.8. The van der Waals surface area contributed by atoms with Gasteiger partial charge < -0.3 is 9.67 Å². The Bertz CT molecular complexity index is 1410. The molecular weight excluding hydrogens is 435 g/mol. The Labute approximate surface area is 186 Å². The van der Waals surface area contributed by atoms with Gasteiger partial charge in [-0.2, -0.15) is 18.4 Å². The minimum absolute atomic E-state index is 0.122. The van der Waals surface area contributed by atoms with Gasteiger partial charge in [-0.05, 0) is 31.5 Å². The number of halogens is 3. The number of rotatable bonds is 4. The number of hydrogen-bond acceptors (Lipinski definition) is 6. The molecule has 8 nitrogen and oxygen atoms in total. The zero-order valence-corrected chi connectivity index (χ0v) is 18.3. The predicted octanol–water partition coefficient (Wildman–Crippen LogP) is 2.97. The monoisotopic (exact) mass is 455 g/mol. The van der Waals surface area contributed by atoms with Crippen molar-refractivity contribution in [2.75, 3.05) is 0 Å². The molecule has 3 aromatic heterocycles. The molecule has 0 aliphatic rings. The largest absolute Gasteiger partial charge is 0.393 e. The molecule has 0 aliphatic heterocycles. The van der Waals surface area contributed by atoms with Crippen LogP contribution in [-0.2, 0) is 26.1 Å². The molecule has 0 radical (unpaired) electrons. The van der Waals surface area contributed by atoms with Crippen molar-refractivity contribution in [2.45, 2.75) is 32.0 Å². The van der Waals surface area contributed by atoms with Crippen LogP contribution >= 0.6 is 0 Å². The first kappa shape index (κ1) is 22.4. The van der Waals surface area contributed by atoms with Gasteiger partial charge in [0.15, 0.2) is 5.60 Å². The van der Waals surface area contributed by atoms with Gasteiger partial charge in [0.05, 0.1) is 35.6 Å². The van der Waals surface area contributed by atoms with Gasteiger partial charge in [0, 0.05) is 30.7 Å². The predicted molar refractivity (Wildman–Crippen MR) is 112 cm³/mol. The minimum atomic E-state index is -4.50. The summed E-state index contributed by atoms with van der Waals surface area (Å²) >= 11 is 0. The molecule has 170 valence electrons. The van der Waals surface area contributed by atoms with Crippen LogP contribution in [-0.4, -0.2) is 40.8 Å². The lowest BCUT2D eigenvalue weighted by atomic mass is 9.85. The van der Waals surface area contributed by atoms with Gasteiger partial charge in [-0.25, -0.2) is 9.67 Å². The van der Waals surface area contributed by atoms with Crippen LogP contribution in [0.2, 0.25) is 0 Å².